The Bertz CT molecular complexity index is 859. The highest BCUT2D eigenvalue weighted by molar-refractivity contribution is 7.92. The van der Waals surface area contributed by atoms with E-state index in [2.05, 4.69) is 20.5 Å². The summed E-state index contributed by atoms with van der Waals surface area (Å²) in [5.41, 5.74) is 0.686. The predicted octanol–water partition coefficient (Wildman–Crippen LogP) is 2.25. The first-order chi connectivity index (χ1) is 12.4. The van der Waals surface area contributed by atoms with Crippen LogP contribution in [0.1, 0.15) is 18.6 Å². The van der Waals surface area contributed by atoms with E-state index in [0.29, 0.717) is 23.1 Å². The summed E-state index contributed by atoms with van der Waals surface area (Å²) in [7, 11) is -3.73. The third-order valence-corrected chi connectivity index (χ3v) is 5.42. The van der Waals surface area contributed by atoms with Gasteiger partial charge in [-0.1, -0.05) is 5.16 Å². The Balaban J connectivity index is 1.56. The zero-order valence-electron chi connectivity index (χ0n) is 14.2. The van der Waals surface area contributed by atoms with Crippen LogP contribution in [0.15, 0.2) is 39.8 Å². The summed E-state index contributed by atoms with van der Waals surface area (Å²) in [6, 6.07) is 7.76. The highest BCUT2D eigenvalue weighted by Crippen LogP contribution is 2.18. The van der Waals surface area contributed by atoms with Gasteiger partial charge in [0.25, 0.3) is 10.0 Å². The number of nitrogens with zero attached hydrogens (tertiary/aromatic N) is 1. The number of rotatable bonds is 6. The standard InChI is InChI=1S/C16H20N4O4S2/c1-11-9-15(19-24-11)20-26(21,22)14-6-4-12(5-7-14)18-16(25)17-10-13-3-2-8-23-13/h4-7,9,13H,2-3,8,10H2,1H3,(H,19,20)(H2,17,18,25)/t13-/m1/s1. The molecule has 3 N–H and O–H groups in total. The highest BCUT2D eigenvalue weighted by Gasteiger charge is 2.17. The summed E-state index contributed by atoms with van der Waals surface area (Å²) < 4.78 is 37.4. The molecule has 3 rings (SSSR count). The van der Waals surface area contributed by atoms with E-state index in [4.69, 9.17) is 21.5 Å². The quantitative estimate of drug-likeness (QED) is 0.639. The summed E-state index contributed by atoms with van der Waals surface area (Å²) in [6.45, 7) is 3.13. The normalized spacial score (nSPS) is 17.0. The van der Waals surface area contributed by atoms with Crippen molar-refractivity contribution in [3.8, 4) is 0 Å². The number of aryl methyl sites for hydroxylation is 1. The number of hydrogen-bond acceptors (Lipinski definition) is 6. The first-order valence-electron chi connectivity index (χ1n) is 8.15. The van der Waals surface area contributed by atoms with Crippen molar-refractivity contribution in [1.29, 1.82) is 0 Å². The van der Waals surface area contributed by atoms with Gasteiger partial charge >= 0.3 is 0 Å². The second-order valence-corrected chi connectivity index (χ2v) is 8.01. The van der Waals surface area contributed by atoms with Crippen LogP contribution in [0.2, 0.25) is 0 Å². The van der Waals surface area contributed by atoms with E-state index in [1.165, 1.54) is 18.2 Å². The number of sulfonamides is 1. The molecule has 8 nitrogen and oxygen atoms in total. The number of thiocarbonyl (C=S) groups is 1. The molecule has 0 aliphatic carbocycles. The van der Waals surface area contributed by atoms with Gasteiger partial charge in [0.2, 0.25) is 0 Å². The van der Waals surface area contributed by atoms with Crippen LogP contribution in [-0.4, -0.2) is 37.9 Å². The molecule has 0 unspecified atom stereocenters. The maximum atomic E-state index is 12.3. The average molecular weight is 396 g/mol. The molecular formula is C16H20N4O4S2. The fourth-order valence-corrected chi connectivity index (χ4v) is 3.70. The van der Waals surface area contributed by atoms with E-state index in [1.54, 1.807) is 19.1 Å². The van der Waals surface area contributed by atoms with Crippen molar-refractivity contribution in [3.05, 3.63) is 36.1 Å². The number of anilines is 2. The van der Waals surface area contributed by atoms with Crippen LogP contribution in [0.4, 0.5) is 11.5 Å². The molecule has 0 spiro atoms. The zero-order chi connectivity index (χ0) is 18.6. The molecule has 1 atom stereocenters. The molecule has 2 heterocycles. The van der Waals surface area contributed by atoms with E-state index < -0.39 is 10.0 Å². The minimum absolute atomic E-state index is 0.113. The minimum Gasteiger partial charge on any atom is -0.376 e. The van der Waals surface area contributed by atoms with E-state index in [0.717, 1.165) is 19.4 Å². The summed E-state index contributed by atoms with van der Waals surface area (Å²) in [4.78, 5) is 0.113. The van der Waals surface area contributed by atoms with Crippen LogP contribution >= 0.6 is 12.2 Å². The molecule has 1 fully saturated rings. The average Bonchev–Trinajstić information content (AvgIpc) is 3.25. The van der Waals surface area contributed by atoms with Gasteiger partial charge in [-0.3, -0.25) is 4.72 Å². The lowest BCUT2D eigenvalue weighted by Gasteiger charge is -2.14. The predicted molar refractivity (Wildman–Crippen MR) is 102 cm³/mol. The Labute approximate surface area is 157 Å². The van der Waals surface area contributed by atoms with Gasteiger partial charge in [-0.2, -0.15) is 0 Å². The van der Waals surface area contributed by atoms with Crippen LogP contribution in [0, 0.1) is 6.92 Å². The lowest BCUT2D eigenvalue weighted by Crippen LogP contribution is -2.34. The van der Waals surface area contributed by atoms with Crippen LogP contribution in [0.25, 0.3) is 0 Å². The maximum Gasteiger partial charge on any atom is 0.263 e. The molecule has 0 bridgehead atoms. The highest BCUT2D eigenvalue weighted by atomic mass is 32.2. The third-order valence-electron chi connectivity index (χ3n) is 3.80. The van der Waals surface area contributed by atoms with Gasteiger partial charge in [-0.05, 0) is 56.2 Å². The van der Waals surface area contributed by atoms with Crippen molar-refractivity contribution in [2.45, 2.75) is 30.8 Å². The van der Waals surface area contributed by atoms with Crippen LogP contribution in [0.5, 0.6) is 0 Å². The molecule has 0 saturated carbocycles. The smallest absolute Gasteiger partial charge is 0.263 e. The number of benzene rings is 1. The molecule has 1 aromatic carbocycles. The third kappa shape index (κ3) is 4.93. The SMILES string of the molecule is Cc1cc(NS(=O)(=O)c2ccc(NC(=S)NC[C@H]3CCCO3)cc2)no1. The van der Waals surface area contributed by atoms with Gasteiger partial charge in [0.15, 0.2) is 10.9 Å². The molecule has 1 aliphatic heterocycles. The largest absolute Gasteiger partial charge is 0.376 e. The fourth-order valence-electron chi connectivity index (χ4n) is 2.52. The summed E-state index contributed by atoms with van der Waals surface area (Å²) in [5, 5.41) is 10.2. The number of nitrogens with one attached hydrogen (secondary N) is 3. The van der Waals surface area contributed by atoms with Crippen molar-refractivity contribution in [2.75, 3.05) is 23.2 Å². The van der Waals surface area contributed by atoms with Gasteiger partial charge in [0.1, 0.15) is 5.76 Å². The molecule has 0 amide bonds. The van der Waals surface area contributed by atoms with Gasteiger partial charge in [0, 0.05) is 24.9 Å². The van der Waals surface area contributed by atoms with Gasteiger partial charge in [-0.25, -0.2) is 8.42 Å². The van der Waals surface area contributed by atoms with Crippen LogP contribution < -0.4 is 15.4 Å². The van der Waals surface area contributed by atoms with Crippen molar-refractivity contribution in [2.24, 2.45) is 0 Å². The second-order valence-electron chi connectivity index (χ2n) is 5.92. The monoisotopic (exact) mass is 396 g/mol. The fraction of sp³-hybridized carbons (Fsp3) is 0.375. The number of hydrogen-bond donors (Lipinski definition) is 3. The molecule has 140 valence electrons. The lowest BCUT2D eigenvalue weighted by atomic mass is 10.2. The first-order valence-corrected chi connectivity index (χ1v) is 10.0. The molecule has 0 radical (unpaired) electrons. The first kappa shape index (κ1) is 18.6. The van der Waals surface area contributed by atoms with Crippen LogP contribution in [0.3, 0.4) is 0 Å². The summed E-state index contributed by atoms with van der Waals surface area (Å²) in [5.74, 6) is 0.662. The van der Waals surface area contributed by atoms with Crippen molar-refractivity contribution in [3.63, 3.8) is 0 Å². The van der Waals surface area contributed by atoms with E-state index in [1.807, 2.05) is 0 Å². The Morgan fingerprint density at radius 1 is 1.35 bits per heavy atom. The zero-order valence-corrected chi connectivity index (χ0v) is 15.8. The van der Waals surface area contributed by atoms with Crippen molar-refractivity contribution in [1.82, 2.24) is 10.5 Å². The molecule has 1 aliphatic rings. The van der Waals surface area contributed by atoms with E-state index >= 15 is 0 Å². The Morgan fingerprint density at radius 3 is 2.73 bits per heavy atom. The Kier molecular flexibility index (Phi) is 5.74. The molecular weight excluding hydrogens is 376 g/mol. The van der Waals surface area contributed by atoms with Gasteiger partial charge in [-0.15, -0.1) is 0 Å². The topological polar surface area (TPSA) is 105 Å². The number of ether oxygens (including phenoxy) is 1. The number of aromatic nitrogens is 1. The minimum atomic E-state index is -3.73. The van der Waals surface area contributed by atoms with Crippen molar-refractivity contribution < 1.29 is 17.7 Å². The van der Waals surface area contributed by atoms with Crippen LogP contribution in [-0.2, 0) is 14.8 Å². The molecule has 2 aromatic rings. The van der Waals surface area contributed by atoms with Gasteiger partial charge in [0.05, 0.1) is 11.0 Å². The maximum absolute atomic E-state index is 12.3. The molecule has 26 heavy (non-hydrogen) atoms. The van der Waals surface area contributed by atoms with E-state index in [-0.39, 0.29) is 16.8 Å². The molecule has 1 aromatic heterocycles. The lowest BCUT2D eigenvalue weighted by molar-refractivity contribution is 0.114. The molecule has 10 heteroatoms. The summed E-state index contributed by atoms with van der Waals surface area (Å²) in [6.07, 6.45) is 2.29. The Hall–Kier alpha value is -2.17. The summed E-state index contributed by atoms with van der Waals surface area (Å²) >= 11 is 5.24. The molecule has 1 saturated heterocycles. The van der Waals surface area contributed by atoms with E-state index in [9.17, 15) is 8.42 Å². The van der Waals surface area contributed by atoms with Gasteiger partial charge < -0.3 is 19.9 Å². The van der Waals surface area contributed by atoms with Crippen molar-refractivity contribution >= 4 is 38.9 Å². The Morgan fingerprint density at radius 2 is 2.12 bits per heavy atom. The second kappa shape index (κ2) is 8.02.